The fourth-order valence-electron chi connectivity index (χ4n) is 1.66. The van der Waals surface area contributed by atoms with Gasteiger partial charge < -0.3 is 5.32 Å². The largest absolute Gasteiger partial charge is 0.325 e. The van der Waals surface area contributed by atoms with Crippen molar-refractivity contribution in [2.45, 2.75) is 19.3 Å². The van der Waals surface area contributed by atoms with E-state index in [1.807, 2.05) is 0 Å². The summed E-state index contributed by atoms with van der Waals surface area (Å²) in [6.45, 7) is 0. The van der Waals surface area contributed by atoms with Crippen molar-refractivity contribution in [2.75, 3.05) is 5.32 Å². The molecule has 0 aliphatic carbocycles. The SMILES string of the molecule is O=C(CCC(F)F)Nc1cnc2c(F)cccc2c1. The van der Waals surface area contributed by atoms with Crippen molar-refractivity contribution in [3.05, 3.63) is 36.3 Å². The third-order valence-electron chi connectivity index (χ3n) is 2.54. The van der Waals surface area contributed by atoms with Crippen molar-refractivity contribution in [1.29, 1.82) is 0 Å². The fourth-order valence-corrected chi connectivity index (χ4v) is 1.66. The Balaban J connectivity index is 2.11. The Hall–Kier alpha value is -2.11. The minimum absolute atomic E-state index is 0.202. The van der Waals surface area contributed by atoms with Crippen LogP contribution in [0, 0.1) is 5.82 Å². The maximum Gasteiger partial charge on any atom is 0.239 e. The summed E-state index contributed by atoms with van der Waals surface area (Å²) in [5, 5.41) is 2.99. The molecule has 0 fully saturated rings. The zero-order valence-electron chi connectivity index (χ0n) is 9.87. The average Bonchev–Trinajstić information content (AvgIpc) is 2.36. The van der Waals surface area contributed by atoms with E-state index in [0.29, 0.717) is 11.1 Å². The summed E-state index contributed by atoms with van der Waals surface area (Å²) in [6.07, 6.45) is -1.96. The van der Waals surface area contributed by atoms with Crippen LogP contribution in [-0.2, 0) is 4.79 Å². The van der Waals surface area contributed by atoms with Gasteiger partial charge in [0.1, 0.15) is 11.3 Å². The molecule has 0 bridgehead atoms. The predicted octanol–water partition coefficient (Wildman–Crippen LogP) is 3.36. The predicted molar refractivity (Wildman–Crippen MR) is 65.6 cm³/mol. The van der Waals surface area contributed by atoms with Gasteiger partial charge in [-0.05, 0) is 12.1 Å². The molecule has 1 aromatic heterocycles. The second-order valence-electron chi connectivity index (χ2n) is 4.01. The molecule has 0 radical (unpaired) electrons. The number of benzene rings is 1. The first-order chi connectivity index (χ1) is 9.06. The molecule has 1 heterocycles. The fraction of sp³-hybridized carbons (Fsp3) is 0.231. The van der Waals surface area contributed by atoms with Crippen molar-refractivity contribution in [3.63, 3.8) is 0 Å². The van der Waals surface area contributed by atoms with Gasteiger partial charge >= 0.3 is 0 Å². The first kappa shape index (κ1) is 13.3. The number of aromatic nitrogens is 1. The van der Waals surface area contributed by atoms with Crippen LogP contribution in [0.15, 0.2) is 30.5 Å². The van der Waals surface area contributed by atoms with Crippen molar-refractivity contribution in [3.8, 4) is 0 Å². The highest BCUT2D eigenvalue weighted by molar-refractivity contribution is 5.93. The monoisotopic (exact) mass is 268 g/mol. The molecule has 0 atom stereocenters. The number of alkyl halides is 2. The molecule has 2 aromatic rings. The molecule has 0 aliphatic heterocycles. The molecule has 1 aromatic carbocycles. The number of pyridine rings is 1. The maximum atomic E-state index is 13.4. The third kappa shape index (κ3) is 3.43. The summed E-state index contributed by atoms with van der Waals surface area (Å²) in [5.41, 5.74) is 0.561. The first-order valence-electron chi connectivity index (χ1n) is 5.68. The number of carbonyl (C=O) groups is 1. The Bertz CT molecular complexity index is 601. The normalized spacial score (nSPS) is 10.9. The van der Waals surface area contributed by atoms with Crippen molar-refractivity contribution < 1.29 is 18.0 Å². The number of amides is 1. The van der Waals surface area contributed by atoms with Gasteiger partial charge in [0.25, 0.3) is 0 Å². The zero-order valence-corrected chi connectivity index (χ0v) is 9.87. The standard InChI is InChI=1S/C13H11F3N2O/c14-10-3-1-2-8-6-9(7-17-13(8)10)18-12(19)5-4-11(15)16/h1-3,6-7,11H,4-5H2,(H,18,19). The van der Waals surface area contributed by atoms with Crippen LogP contribution in [0.25, 0.3) is 10.9 Å². The van der Waals surface area contributed by atoms with Gasteiger partial charge in [0.05, 0.1) is 11.9 Å². The molecule has 0 saturated heterocycles. The molecule has 0 saturated carbocycles. The van der Waals surface area contributed by atoms with E-state index >= 15 is 0 Å². The van der Waals surface area contributed by atoms with E-state index < -0.39 is 24.6 Å². The highest BCUT2D eigenvalue weighted by atomic mass is 19.3. The lowest BCUT2D eigenvalue weighted by atomic mass is 10.2. The van der Waals surface area contributed by atoms with E-state index in [0.717, 1.165) is 0 Å². The van der Waals surface area contributed by atoms with Gasteiger partial charge in [-0.15, -0.1) is 0 Å². The Morgan fingerprint density at radius 2 is 2.16 bits per heavy atom. The number of anilines is 1. The molecule has 19 heavy (non-hydrogen) atoms. The highest BCUT2D eigenvalue weighted by Crippen LogP contribution is 2.19. The van der Waals surface area contributed by atoms with Crippen molar-refractivity contribution in [1.82, 2.24) is 4.98 Å². The number of hydrogen-bond acceptors (Lipinski definition) is 2. The van der Waals surface area contributed by atoms with Crippen LogP contribution < -0.4 is 5.32 Å². The van der Waals surface area contributed by atoms with Crippen LogP contribution in [0.4, 0.5) is 18.9 Å². The molecule has 1 N–H and O–H groups in total. The van der Waals surface area contributed by atoms with E-state index in [9.17, 15) is 18.0 Å². The smallest absolute Gasteiger partial charge is 0.239 e. The summed E-state index contributed by atoms with van der Waals surface area (Å²) < 4.78 is 37.3. The van der Waals surface area contributed by atoms with E-state index in [2.05, 4.69) is 10.3 Å². The van der Waals surface area contributed by atoms with Crippen LogP contribution in [0.1, 0.15) is 12.8 Å². The second kappa shape index (κ2) is 5.69. The number of halogens is 3. The van der Waals surface area contributed by atoms with Crippen LogP contribution in [-0.4, -0.2) is 17.3 Å². The molecule has 0 aliphatic rings. The maximum absolute atomic E-state index is 13.4. The number of rotatable bonds is 4. The van der Waals surface area contributed by atoms with Gasteiger partial charge in [0.2, 0.25) is 12.3 Å². The molecule has 0 spiro atoms. The van der Waals surface area contributed by atoms with Crippen LogP contribution in [0.5, 0.6) is 0 Å². The Morgan fingerprint density at radius 3 is 2.89 bits per heavy atom. The lowest BCUT2D eigenvalue weighted by Crippen LogP contribution is -2.12. The number of nitrogens with zero attached hydrogens (tertiary/aromatic N) is 1. The van der Waals surface area contributed by atoms with Crippen molar-refractivity contribution in [2.24, 2.45) is 0 Å². The zero-order chi connectivity index (χ0) is 13.8. The summed E-state index contributed by atoms with van der Waals surface area (Å²) in [7, 11) is 0. The summed E-state index contributed by atoms with van der Waals surface area (Å²) in [4.78, 5) is 15.3. The van der Waals surface area contributed by atoms with Gasteiger partial charge in [-0.3, -0.25) is 9.78 Å². The van der Waals surface area contributed by atoms with Gasteiger partial charge in [0.15, 0.2) is 0 Å². The average molecular weight is 268 g/mol. The molecule has 6 heteroatoms. The molecule has 100 valence electrons. The summed E-state index contributed by atoms with van der Waals surface area (Å²) >= 11 is 0. The minimum Gasteiger partial charge on any atom is -0.325 e. The van der Waals surface area contributed by atoms with Gasteiger partial charge in [0, 0.05) is 18.2 Å². The van der Waals surface area contributed by atoms with Gasteiger partial charge in [-0.2, -0.15) is 0 Å². The van der Waals surface area contributed by atoms with E-state index in [1.165, 1.54) is 18.3 Å². The van der Waals surface area contributed by atoms with Crippen molar-refractivity contribution >= 4 is 22.5 Å². The van der Waals surface area contributed by atoms with Gasteiger partial charge in [-0.25, -0.2) is 13.2 Å². The first-order valence-corrected chi connectivity index (χ1v) is 5.68. The topological polar surface area (TPSA) is 42.0 Å². The summed E-state index contributed by atoms with van der Waals surface area (Å²) in [5.74, 6) is -0.967. The molecule has 2 rings (SSSR count). The van der Waals surface area contributed by atoms with E-state index in [1.54, 1.807) is 12.1 Å². The number of hydrogen-bond donors (Lipinski definition) is 1. The molecular weight excluding hydrogens is 257 g/mol. The highest BCUT2D eigenvalue weighted by Gasteiger charge is 2.09. The number of fused-ring (bicyclic) bond motifs is 1. The number of para-hydroxylation sites is 1. The van der Waals surface area contributed by atoms with Gasteiger partial charge in [-0.1, -0.05) is 12.1 Å². The number of carbonyl (C=O) groups excluding carboxylic acids is 1. The van der Waals surface area contributed by atoms with E-state index in [4.69, 9.17) is 0 Å². The summed E-state index contributed by atoms with van der Waals surface area (Å²) in [6, 6.07) is 6.02. The Labute approximate surface area is 107 Å². The molecule has 0 unspecified atom stereocenters. The lowest BCUT2D eigenvalue weighted by Gasteiger charge is -2.06. The van der Waals surface area contributed by atoms with E-state index in [-0.39, 0.29) is 11.9 Å². The van der Waals surface area contributed by atoms with Crippen LogP contribution in [0.2, 0.25) is 0 Å². The molecular formula is C13H11F3N2O. The number of nitrogens with one attached hydrogen (secondary N) is 1. The quantitative estimate of drug-likeness (QED) is 0.923. The third-order valence-corrected chi connectivity index (χ3v) is 2.54. The minimum atomic E-state index is -2.51. The van der Waals surface area contributed by atoms with Crippen LogP contribution in [0.3, 0.4) is 0 Å². The van der Waals surface area contributed by atoms with Crippen LogP contribution >= 0.6 is 0 Å². The molecule has 1 amide bonds. The Morgan fingerprint density at radius 1 is 1.37 bits per heavy atom. The Kier molecular flexibility index (Phi) is 3.99. The lowest BCUT2D eigenvalue weighted by molar-refractivity contribution is -0.116. The second-order valence-corrected chi connectivity index (χ2v) is 4.01. The molecule has 3 nitrogen and oxygen atoms in total.